The molecular formula is C22H21FN2O3S. The van der Waals surface area contributed by atoms with Gasteiger partial charge in [-0.1, -0.05) is 35.9 Å². The number of aryl methyl sites for hydroxylation is 1. The third kappa shape index (κ3) is 5.20. The van der Waals surface area contributed by atoms with Gasteiger partial charge in [-0.2, -0.15) is 0 Å². The Morgan fingerprint density at radius 3 is 2.31 bits per heavy atom. The van der Waals surface area contributed by atoms with E-state index in [-0.39, 0.29) is 22.1 Å². The zero-order chi connectivity index (χ0) is 21.0. The van der Waals surface area contributed by atoms with Gasteiger partial charge in [0, 0.05) is 24.8 Å². The van der Waals surface area contributed by atoms with Gasteiger partial charge < -0.3 is 4.90 Å². The number of carbonyl (C=O) groups excluding carboxylic acids is 1. The van der Waals surface area contributed by atoms with E-state index in [2.05, 4.69) is 4.72 Å². The Labute approximate surface area is 169 Å². The summed E-state index contributed by atoms with van der Waals surface area (Å²) >= 11 is 0. The number of benzene rings is 3. The summed E-state index contributed by atoms with van der Waals surface area (Å²) in [5.74, 6) is -0.749. The molecule has 3 aromatic carbocycles. The Morgan fingerprint density at radius 2 is 1.66 bits per heavy atom. The Balaban J connectivity index is 1.77. The molecule has 0 atom stereocenters. The zero-order valence-corrected chi connectivity index (χ0v) is 16.9. The summed E-state index contributed by atoms with van der Waals surface area (Å²) < 4.78 is 40.6. The fourth-order valence-corrected chi connectivity index (χ4v) is 3.89. The van der Waals surface area contributed by atoms with Crippen LogP contribution in [-0.2, 0) is 16.6 Å². The van der Waals surface area contributed by atoms with Gasteiger partial charge in [0.2, 0.25) is 0 Å². The van der Waals surface area contributed by atoms with Crippen molar-refractivity contribution in [2.75, 3.05) is 11.8 Å². The number of hydrogen-bond acceptors (Lipinski definition) is 3. The quantitative estimate of drug-likeness (QED) is 0.660. The Morgan fingerprint density at radius 1 is 1.00 bits per heavy atom. The number of anilines is 1. The molecule has 7 heteroatoms. The van der Waals surface area contributed by atoms with E-state index in [1.165, 1.54) is 35.2 Å². The molecule has 0 bridgehead atoms. The van der Waals surface area contributed by atoms with E-state index in [1.54, 1.807) is 13.1 Å². The summed E-state index contributed by atoms with van der Waals surface area (Å²) in [6.45, 7) is 2.40. The zero-order valence-electron chi connectivity index (χ0n) is 16.1. The molecule has 0 saturated heterocycles. The maximum absolute atomic E-state index is 13.0. The van der Waals surface area contributed by atoms with Crippen molar-refractivity contribution < 1.29 is 17.6 Å². The predicted octanol–water partition coefficient (Wildman–Crippen LogP) is 4.21. The molecule has 3 aromatic rings. The van der Waals surface area contributed by atoms with E-state index in [4.69, 9.17) is 0 Å². The van der Waals surface area contributed by atoms with Crippen LogP contribution in [0.5, 0.6) is 0 Å². The van der Waals surface area contributed by atoms with Crippen molar-refractivity contribution in [3.05, 3.63) is 95.3 Å². The normalized spacial score (nSPS) is 11.1. The van der Waals surface area contributed by atoms with Crippen molar-refractivity contribution in [3.8, 4) is 0 Å². The fraction of sp³-hybridized carbons (Fsp3) is 0.136. The van der Waals surface area contributed by atoms with Crippen LogP contribution in [0.2, 0.25) is 0 Å². The molecule has 1 amide bonds. The molecule has 150 valence electrons. The minimum atomic E-state index is -3.91. The molecule has 5 nitrogen and oxygen atoms in total. The van der Waals surface area contributed by atoms with Gasteiger partial charge in [0.1, 0.15) is 5.82 Å². The van der Waals surface area contributed by atoms with Crippen molar-refractivity contribution in [2.45, 2.75) is 18.4 Å². The van der Waals surface area contributed by atoms with Crippen molar-refractivity contribution in [3.63, 3.8) is 0 Å². The summed E-state index contributed by atoms with van der Waals surface area (Å²) in [4.78, 5) is 14.2. The third-order valence-corrected chi connectivity index (χ3v) is 5.75. The molecule has 0 radical (unpaired) electrons. The fourth-order valence-electron chi connectivity index (χ4n) is 2.79. The largest absolute Gasteiger partial charge is 0.337 e. The van der Waals surface area contributed by atoms with Gasteiger partial charge in [-0.05, 0) is 55.0 Å². The van der Waals surface area contributed by atoms with Crippen molar-refractivity contribution in [1.82, 2.24) is 4.90 Å². The molecule has 0 aliphatic heterocycles. The maximum Gasteiger partial charge on any atom is 0.261 e. The van der Waals surface area contributed by atoms with Crippen molar-refractivity contribution >= 4 is 21.6 Å². The van der Waals surface area contributed by atoms with E-state index in [9.17, 15) is 17.6 Å². The lowest BCUT2D eigenvalue weighted by Gasteiger charge is -2.18. The first kappa shape index (κ1) is 20.5. The van der Waals surface area contributed by atoms with Gasteiger partial charge >= 0.3 is 0 Å². The molecular weight excluding hydrogens is 391 g/mol. The highest BCUT2D eigenvalue weighted by molar-refractivity contribution is 7.92. The van der Waals surface area contributed by atoms with E-state index in [0.29, 0.717) is 6.54 Å². The summed E-state index contributed by atoms with van der Waals surface area (Å²) in [5, 5.41) is 0. The molecule has 0 heterocycles. The molecule has 0 unspecified atom stereocenters. The number of halogens is 1. The van der Waals surface area contributed by atoms with Gasteiger partial charge in [-0.15, -0.1) is 0 Å². The number of nitrogens with zero attached hydrogens (tertiary/aromatic N) is 1. The van der Waals surface area contributed by atoms with Crippen molar-refractivity contribution in [2.24, 2.45) is 0 Å². The lowest BCUT2D eigenvalue weighted by Crippen LogP contribution is -2.26. The second-order valence-corrected chi connectivity index (χ2v) is 8.47. The summed E-state index contributed by atoms with van der Waals surface area (Å²) in [6, 6.07) is 18.7. The molecule has 0 aliphatic carbocycles. The van der Waals surface area contributed by atoms with E-state index < -0.39 is 15.8 Å². The van der Waals surface area contributed by atoms with Crippen molar-refractivity contribution in [1.29, 1.82) is 0 Å². The highest BCUT2D eigenvalue weighted by atomic mass is 32.2. The second-order valence-electron chi connectivity index (χ2n) is 6.79. The molecule has 29 heavy (non-hydrogen) atoms. The molecule has 0 fully saturated rings. The molecule has 3 rings (SSSR count). The molecule has 0 aromatic heterocycles. The first-order valence-electron chi connectivity index (χ1n) is 8.94. The van der Waals surface area contributed by atoms with Crippen LogP contribution in [0, 0.1) is 12.7 Å². The number of rotatable bonds is 6. The van der Waals surface area contributed by atoms with Gasteiger partial charge in [0.15, 0.2) is 0 Å². The maximum atomic E-state index is 13.0. The van der Waals surface area contributed by atoms with Crippen LogP contribution >= 0.6 is 0 Å². The van der Waals surface area contributed by atoms with Crippen LogP contribution in [0.15, 0.2) is 77.7 Å². The average molecular weight is 412 g/mol. The summed E-state index contributed by atoms with van der Waals surface area (Å²) in [7, 11) is -2.25. The standard InChI is InChI=1S/C22H21FN2O3S/c1-16-6-8-17(9-7-16)15-25(2)22(26)18-4-3-5-21(14-18)29(27,28)24-20-12-10-19(23)11-13-20/h3-14,24H,15H2,1-2H3. The van der Waals surface area contributed by atoms with Crippen LogP contribution in [0.1, 0.15) is 21.5 Å². The lowest BCUT2D eigenvalue weighted by atomic mass is 10.1. The highest BCUT2D eigenvalue weighted by Gasteiger charge is 2.18. The van der Waals surface area contributed by atoms with Gasteiger partial charge in [0.05, 0.1) is 4.90 Å². The molecule has 1 N–H and O–H groups in total. The lowest BCUT2D eigenvalue weighted by molar-refractivity contribution is 0.0785. The smallest absolute Gasteiger partial charge is 0.261 e. The number of amides is 1. The second kappa shape index (κ2) is 8.45. The average Bonchev–Trinajstić information content (AvgIpc) is 2.71. The first-order valence-corrected chi connectivity index (χ1v) is 10.4. The highest BCUT2D eigenvalue weighted by Crippen LogP contribution is 2.19. The third-order valence-electron chi connectivity index (χ3n) is 4.37. The topological polar surface area (TPSA) is 66.5 Å². The minimum absolute atomic E-state index is 0.0450. The van der Waals surface area contributed by atoms with E-state index >= 15 is 0 Å². The van der Waals surface area contributed by atoms with E-state index in [0.717, 1.165) is 23.3 Å². The summed E-state index contributed by atoms with van der Waals surface area (Å²) in [5.41, 5.74) is 2.61. The van der Waals surface area contributed by atoms with Gasteiger partial charge in [0.25, 0.3) is 15.9 Å². The number of sulfonamides is 1. The number of hydrogen-bond donors (Lipinski definition) is 1. The Bertz CT molecular complexity index is 1110. The number of nitrogens with one attached hydrogen (secondary N) is 1. The Hall–Kier alpha value is -3.19. The monoisotopic (exact) mass is 412 g/mol. The molecule has 0 aliphatic rings. The summed E-state index contributed by atoms with van der Waals surface area (Å²) in [6.07, 6.45) is 0. The molecule has 0 saturated carbocycles. The van der Waals surface area contributed by atoms with Gasteiger partial charge in [-0.3, -0.25) is 9.52 Å². The van der Waals surface area contributed by atoms with Gasteiger partial charge in [-0.25, -0.2) is 12.8 Å². The SMILES string of the molecule is Cc1ccc(CN(C)C(=O)c2cccc(S(=O)(=O)Nc3ccc(F)cc3)c2)cc1. The van der Waals surface area contributed by atoms with Crippen LogP contribution in [-0.4, -0.2) is 26.3 Å². The first-order chi connectivity index (χ1) is 13.7. The Kier molecular flexibility index (Phi) is 5.98. The van der Waals surface area contributed by atoms with Crippen LogP contribution in [0.25, 0.3) is 0 Å². The minimum Gasteiger partial charge on any atom is -0.337 e. The predicted molar refractivity (Wildman–Crippen MR) is 111 cm³/mol. The molecule has 0 spiro atoms. The number of carbonyl (C=O) groups is 1. The van der Waals surface area contributed by atoms with Crippen LogP contribution < -0.4 is 4.72 Å². The van der Waals surface area contributed by atoms with Crippen LogP contribution in [0.3, 0.4) is 0 Å². The van der Waals surface area contributed by atoms with Crippen LogP contribution in [0.4, 0.5) is 10.1 Å². The van der Waals surface area contributed by atoms with E-state index in [1.807, 2.05) is 31.2 Å².